The lowest BCUT2D eigenvalue weighted by molar-refractivity contribution is -0.134. The van der Waals surface area contributed by atoms with Gasteiger partial charge in [-0.25, -0.2) is 5.43 Å². The maximum Gasteiger partial charge on any atom is 0.237 e. The molecule has 4 rings (SSSR count). The van der Waals surface area contributed by atoms with Crippen LogP contribution in [0.15, 0.2) is 0 Å². The van der Waals surface area contributed by atoms with Gasteiger partial charge in [-0.2, -0.15) is 5.48 Å². The third-order valence-corrected chi connectivity index (χ3v) is 7.60. The molecule has 11 heteroatoms. The molecule has 2 amide bonds. The van der Waals surface area contributed by atoms with Crippen molar-refractivity contribution in [1.82, 2.24) is 32.3 Å². The molecule has 2 saturated heterocycles. The Morgan fingerprint density at radius 2 is 1.94 bits per heavy atom. The molecule has 11 nitrogen and oxygen atoms in total. The summed E-state index contributed by atoms with van der Waals surface area (Å²) in [5.74, 6) is 0.733. The molecule has 2 aliphatic heterocycles. The number of nitrogens with one attached hydrogen (secondary N) is 6. The summed E-state index contributed by atoms with van der Waals surface area (Å²) in [4.78, 5) is 29.8. The van der Waals surface area contributed by atoms with Crippen LogP contribution in [0.25, 0.3) is 0 Å². The number of rotatable bonds is 9. The van der Waals surface area contributed by atoms with E-state index in [0.29, 0.717) is 38.1 Å². The third-order valence-electron chi connectivity index (χ3n) is 7.60. The van der Waals surface area contributed by atoms with Crippen molar-refractivity contribution in [2.75, 3.05) is 13.1 Å². The highest BCUT2D eigenvalue weighted by Gasteiger charge is 2.39. The summed E-state index contributed by atoms with van der Waals surface area (Å²) in [6.45, 7) is 1.36. The fourth-order valence-electron chi connectivity index (χ4n) is 5.62. The molecule has 188 valence electrons. The minimum Gasteiger partial charge on any atom is -0.390 e. The second-order valence-corrected chi connectivity index (χ2v) is 9.94. The predicted octanol–water partition coefficient (Wildman–Crippen LogP) is -1.07. The number of amides is 2. The Morgan fingerprint density at radius 1 is 1.09 bits per heavy atom. The molecule has 0 aromatic rings. The van der Waals surface area contributed by atoms with Crippen molar-refractivity contribution in [3.63, 3.8) is 0 Å². The molecule has 0 bridgehead atoms. The van der Waals surface area contributed by atoms with Crippen LogP contribution in [0.4, 0.5) is 0 Å². The summed E-state index contributed by atoms with van der Waals surface area (Å²) >= 11 is 0. The van der Waals surface area contributed by atoms with E-state index in [-0.39, 0.29) is 42.2 Å². The summed E-state index contributed by atoms with van der Waals surface area (Å²) in [5.41, 5.74) is 8.87. The van der Waals surface area contributed by atoms with E-state index < -0.39 is 12.2 Å². The van der Waals surface area contributed by atoms with E-state index >= 15 is 0 Å². The predicted molar refractivity (Wildman–Crippen MR) is 120 cm³/mol. The molecule has 2 aliphatic carbocycles. The van der Waals surface area contributed by atoms with Gasteiger partial charge in [-0.15, -0.1) is 0 Å². The zero-order chi connectivity index (χ0) is 23.2. The van der Waals surface area contributed by atoms with Crippen LogP contribution >= 0.6 is 0 Å². The highest BCUT2D eigenvalue weighted by Crippen LogP contribution is 2.33. The normalized spacial score (nSPS) is 39.0. The number of hydrogen-bond donors (Lipinski definition) is 8. The van der Waals surface area contributed by atoms with E-state index in [0.717, 1.165) is 38.6 Å². The summed E-state index contributed by atoms with van der Waals surface area (Å²) in [5, 5.41) is 29.3. The second kappa shape index (κ2) is 11.9. The Kier molecular flexibility index (Phi) is 8.91. The highest BCUT2D eigenvalue weighted by atomic mass is 16.7. The van der Waals surface area contributed by atoms with Gasteiger partial charge in [0.25, 0.3) is 0 Å². The maximum absolute atomic E-state index is 12.2. The van der Waals surface area contributed by atoms with Gasteiger partial charge in [0.2, 0.25) is 11.8 Å². The third kappa shape index (κ3) is 6.62. The van der Waals surface area contributed by atoms with Crippen molar-refractivity contribution in [2.24, 2.45) is 17.8 Å². The largest absolute Gasteiger partial charge is 0.390 e. The van der Waals surface area contributed by atoms with Crippen molar-refractivity contribution >= 4 is 11.8 Å². The number of fused-ring (bicyclic) bond motifs is 1. The lowest BCUT2D eigenvalue weighted by Crippen LogP contribution is -2.64. The van der Waals surface area contributed by atoms with Crippen LogP contribution in [-0.2, 0) is 14.4 Å². The van der Waals surface area contributed by atoms with Crippen LogP contribution in [-0.4, -0.2) is 65.9 Å². The number of carbonyl (C=O) groups is 2. The minimum absolute atomic E-state index is 0.00420. The fourth-order valence-corrected chi connectivity index (χ4v) is 5.62. The molecule has 0 radical (unpaired) electrons. The lowest BCUT2D eigenvalue weighted by atomic mass is 9.76. The first-order valence-corrected chi connectivity index (χ1v) is 12.6. The van der Waals surface area contributed by atoms with Crippen molar-refractivity contribution in [2.45, 2.75) is 95.0 Å². The number of hydrazine groups is 1. The van der Waals surface area contributed by atoms with Crippen LogP contribution in [0.2, 0.25) is 0 Å². The summed E-state index contributed by atoms with van der Waals surface area (Å²) in [7, 11) is 0. The van der Waals surface area contributed by atoms with E-state index in [1.165, 1.54) is 6.42 Å². The Labute approximate surface area is 195 Å². The topological polar surface area (TPSA) is 156 Å². The Morgan fingerprint density at radius 3 is 2.79 bits per heavy atom. The average molecular weight is 469 g/mol. The zero-order valence-electron chi connectivity index (χ0n) is 19.2. The number of carbonyl (C=O) groups excluding carboxylic acids is 2. The molecule has 8 unspecified atom stereocenters. The van der Waals surface area contributed by atoms with Gasteiger partial charge in [-0.05, 0) is 57.4 Å². The van der Waals surface area contributed by atoms with E-state index in [2.05, 4.69) is 32.3 Å². The Bertz CT molecular complexity index is 669. The van der Waals surface area contributed by atoms with Gasteiger partial charge < -0.3 is 20.8 Å². The smallest absolute Gasteiger partial charge is 0.237 e. The lowest BCUT2D eigenvalue weighted by Gasteiger charge is -2.41. The SMILES string of the molecule is O=C(CCC1NC(C2CCC(O)C(O)C2)NO1)NCCCNC1NNC(=O)C2CCCCC12. The standard InChI is InChI=1S/C22H40N6O5/c29-16-7-6-13(12-17(16)30)20-25-19(33-28-20)9-8-18(31)23-10-3-11-24-21-14-4-1-2-5-15(14)22(32)27-26-21/h13-17,19-21,24-26,28-30H,1-12H2,(H,23,31)(H,27,32). The maximum atomic E-state index is 12.2. The van der Waals surface area contributed by atoms with Crippen LogP contribution < -0.4 is 32.3 Å². The van der Waals surface area contributed by atoms with Crippen LogP contribution in [0.3, 0.4) is 0 Å². The highest BCUT2D eigenvalue weighted by molar-refractivity contribution is 5.79. The number of hydroxylamine groups is 1. The minimum atomic E-state index is -0.691. The molecule has 2 saturated carbocycles. The Balaban J connectivity index is 1.05. The molecule has 2 heterocycles. The molecular formula is C22H40N6O5. The van der Waals surface area contributed by atoms with E-state index in [1.54, 1.807) is 0 Å². The van der Waals surface area contributed by atoms with Crippen LogP contribution in [0.1, 0.15) is 64.2 Å². The van der Waals surface area contributed by atoms with E-state index in [4.69, 9.17) is 4.84 Å². The van der Waals surface area contributed by atoms with Gasteiger partial charge in [0, 0.05) is 24.8 Å². The Hall–Kier alpha value is -1.34. The first-order valence-electron chi connectivity index (χ1n) is 12.6. The quantitative estimate of drug-likeness (QED) is 0.197. The monoisotopic (exact) mass is 468 g/mol. The van der Waals surface area contributed by atoms with Crippen LogP contribution in [0, 0.1) is 17.8 Å². The van der Waals surface area contributed by atoms with Gasteiger partial charge in [0.15, 0.2) is 0 Å². The van der Waals surface area contributed by atoms with Crippen molar-refractivity contribution < 1.29 is 24.6 Å². The molecule has 8 N–H and O–H groups in total. The summed E-state index contributed by atoms with van der Waals surface area (Å²) in [6.07, 6.45) is 6.43. The van der Waals surface area contributed by atoms with Crippen molar-refractivity contribution in [3.8, 4) is 0 Å². The first kappa shape index (κ1) is 24.8. The molecular weight excluding hydrogens is 428 g/mol. The van der Waals surface area contributed by atoms with Crippen molar-refractivity contribution in [3.05, 3.63) is 0 Å². The molecule has 0 aromatic carbocycles. The summed E-state index contributed by atoms with van der Waals surface area (Å²) < 4.78 is 0. The molecule has 4 fully saturated rings. The molecule has 0 spiro atoms. The van der Waals surface area contributed by atoms with Crippen molar-refractivity contribution in [1.29, 1.82) is 0 Å². The average Bonchev–Trinajstić information content (AvgIpc) is 3.30. The van der Waals surface area contributed by atoms with E-state index in [1.807, 2.05) is 0 Å². The second-order valence-electron chi connectivity index (χ2n) is 9.94. The number of aliphatic hydroxyl groups is 2. The van der Waals surface area contributed by atoms with Gasteiger partial charge in [-0.3, -0.25) is 25.2 Å². The first-order chi connectivity index (χ1) is 16.0. The van der Waals surface area contributed by atoms with Gasteiger partial charge in [0.05, 0.1) is 24.5 Å². The molecule has 8 atom stereocenters. The van der Waals surface area contributed by atoms with Crippen LogP contribution in [0.5, 0.6) is 0 Å². The fraction of sp³-hybridized carbons (Fsp3) is 0.909. The number of aliphatic hydroxyl groups excluding tert-OH is 2. The summed E-state index contributed by atoms with van der Waals surface area (Å²) in [6, 6.07) is 0. The molecule has 33 heavy (non-hydrogen) atoms. The van der Waals surface area contributed by atoms with Gasteiger partial charge >= 0.3 is 0 Å². The zero-order valence-corrected chi connectivity index (χ0v) is 19.2. The van der Waals surface area contributed by atoms with E-state index in [9.17, 15) is 19.8 Å². The molecule has 4 aliphatic rings. The number of hydrogen-bond acceptors (Lipinski definition) is 9. The van der Waals surface area contributed by atoms with Gasteiger partial charge in [-0.1, -0.05) is 12.8 Å². The van der Waals surface area contributed by atoms with Gasteiger partial charge in [0.1, 0.15) is 6.23 Å². The molecule has 0 aromatic heterocycles.